The molecule has 0 radical (unpaired) electrons. The Morgan fingerprint density at radius 3 is 2.81 bits per heavy atom. The second kappa shape index (κ2) is 4.31. The molecular weight excluding hydrogens is 198 g/mol. The quantitative estimate of drug-likeness (QED) is 0.705. The van der Waals surface area contributed by atoms with Crippen LogP contribution in [0.4, 0.5) is 0 Å². The molecule has 82 valence electrons. The van der Waals surface area contributed by atoms with Gasteiger partial charge in [-0.05, 0) is 26.0 Å². The standard InChI is InChI=1S/C13H15N3/c1-4-10(2)14-9-13-15-11-7-5-6-8-12(11)16(13)3/h4-9H,1-3H3/b10-4+,14-9?. The zero-order valence-electron chi connectivity index (χ0n) is 9.81. The number of aromatic nitrogens is 2. The molecule has 0 aliphatic carbocycles. The molecule has 16 heavy (non-hydrogen) atoms. The first-order valence-corrected chi connectivity index (χ1v) is 5.31. The van der Waals surface area contributed by atoms with Gasteiger partial charge in [-0.25, -0.2) is 4.98 Å². The van der Waals surface area contributed by atoms with Gasteiger partial charge in [-0.2, -0.15) is 0 Å². The van der Waals surface area contributed by atoms with Gasteiger partial charge in [-0.1, -0.05) is 18.2 Å². The van der Waals surface area contributed by atoms with Crippen LogP contribution in [0.5, 0.6) is 0 Å². The smallest absolute Gasteiger partial charge is 0.152 e. The Morgan fingerprint density at radius 1 is 1.38 bits per heavy atom. The highest BCUT2D eigenvalue weighted by Crippen LogP contribution is 2.13. The lowest BCUT2D eigenvalue weighted by Gasteiger charge is -1.96. The molecule has 0 unspecified atom stereocenters. The number of rotatable bonds is 2. The molecule has 3 nitrogen and oxygen atoms in total. The van der Waals surface area contributed by atoms with Gasteiger partial charge in [-0.15, -0.1) is 0 Å². The predicted molar refractivity (Wildman–Crippen MR) is 67.7 cm³/mol. The Bertz CT molecular complexity index is 562. The number of benzene rings is 1. The van der Waals surface area contributed by atoms with E-state index < -0.39 is 0 Å². The molecule has 0 amide bonds. The Morgan fingerprint density at radius 2 is 2.12 bits per heavy atom. The Labute approximate surface area is 95.1 Å². The highest BCUT2D eigenvalue weighted by Gasteiger charge is 2.03. The number of fused-ring (bicyclic) bond motifs is 1. The van der Waals surface area contributed by atoms with Gasteiger partial charge in [0.25, 0.3) is 0 Å². The van der Waals surface area contributed by atoms with Gasteiger partial charge in [0.15, 0.2) is 5.82 Å². The van der Waals surface area contributed by atoms with Crippen LogP contribution in [0.15, 0.2) is 41.0 Å². The van der Waals surface area contributed by atoms with Crippen LogP contribution in [0.25, 0.3) is 11.0 Å². The molecule has 0 aliphatic heterocycles. The number of para-hydroxylation sites is 2. The SMILES string of the molecule is C/C=C(\C)N=Cc1nc2ccccc2n1C. The molecule has 0 aliphatic rings. The molecule has 0 saturated heterocycles. The Balaban J connectivity index is 2.46. The van der Waals surface area contributed by atoms with Crippen molar-refractivity contribution in [1.29, 1.82) is 0 Å². The topological polar surface area (TPSA) is 30.2 Å². The van der Waals surface area contributed by atoms with E-state index in [1.165, 1.54) is 0 Å². The van der Waals surface area contributed by atoms with Gasteiger partial charge < -0.3 is 4.57 Å². The summed E-state index contributed by atoms with van der Waals surface area (Å²) in [7, 11) is 2.00. The van der Waals surface area contributed by atoms with E-state index in [0.717, 1.165) is 22.6 Å². The lowest BCUT2D eigenvalue weighted by Crippen LogP contribution is -1.95. The lowest BCUT2D eigenvalue weighted by atomic mass is 10.3. The molecule has 2 aromatic rings. The fourth-order valence-corrected chi connectivity index (χ4v) is 1.51. The third kappa shape index (κ3) is 1.89. The van der Waals surface area contributed by atoms with Crippen LogP contribution in [0.3, 0.4) is 0 Å². The van der Waals surface area contributed by atoms with Crippen molar-refractivity contribution < 1.29 is 0 Å². The second-order valence-electron chi connectivity index (χ2n) is 3.71. The van der Waals surface area contributed by atoms with E-state index >= 15 is 0 Å². The van der Waals surface area contributed by atoms with Crippen molar-refractivity contribution in [2.45, 2.75) is 13.8 Å². The monoisotopic (exact) mass is 213 g/mol. The van der Waals surface area contributed by atoms with Crippen molar-refractivity contribution >= 4 is 17.2 Å². The summed E-state index contributed by atoms with van der Waals surface area (Å²) in [6, 6.07) is 8.08. The van der Waals surface area contributed by atoms with Gasteiger partial charge in [0.05, 0.1) is 17.2 Å². The first kappa shape index (κ1) is 10.6. The number of hydrogen-bond donors (Lipinski definition) is 0. The summed E-state index contributed by atoms with van der Waals surface area (Å²) >= 11 is 0. The summed E-state index contributed by atoms with van der Waals surface area (Å²) < 4.78 is 2.04. The lowest BCUT2D eigenvalue weighted by molar-refractivity contribution is 0.934. The summed E-state index contributed by atoms with van der Waals surface area (Å²) in [4.78, 5) is 8.83. The minimum absolute atomic E-state index is 0.877. The van der Waals surface area contributed by atoms with Crippen LogP contribution >= 0.6 is 0 Å². The van der Waals surface area contributed by atoms with E-state index in [9.17, 15) is 0 Å². The van der Waals surface area contributed by atoms with Gasteiger partial charge in [0, 0.05) is 12.7 Å². The molecule has 3 heteroatoms. The van der Waals surface area contributed by atoms with E-state index in [2.05, 4.69) is 16.0 Å². The highest BCUT2D eigenvalue weighted by molar-refractivity contribution is 5.85. The van der Waals surface area contributed by atoms with E-state index in [4.69, 9.17) is 0 Å². The first-order valence-electron chi connectivity index (χ1n) is 5.31. The molecule has 0 saturated carbocycles. The third-order valence-electron chi connectivity index (χ3n) is 2.62. The number of hydrogen-bond acceptors (Lipinski definition) is 2. The maximum Gasteiger partial charge on any atom is 0.152 e. The molecule has 2 rings (SSSR count). The van der Waals surface area contributed by atoms with Crippen molar-refractivity contribution in [3.05, 3.63) is 41.9 Å². The number of aliphatic imine (C=N–C) groups is 1. The number of aryl methyl sites for hydroxylation is 1. The van der Waals surface area contributed by atoms with Gasteiger partial charge >= 0.3 is 0 Å². The van der Waals surface area contributed by atoms with Crippen molar-refractivity contribution in [3.8, 4) is 0 Å². The van der Waals surface area contributed by atoms with E-state index in [0.29, 0.717) is 0 Å². The zero-order chi connectivity index (χ0) is 11.5. The molecule has 1 aromatic carbocycles. The maximum absolute atomic E-state index is 4.50. The van der Waals surface area contributed by atoms with Crippen LogP contribution in [-0.2, 0) is 7.05 Å². The molecule has 1 heterocycles. The van der Waals surface area contributed by atoms with Crippen molar-refractivity contribution in [3.63, 3.8) is 0 Å². The average molecular weight is 213 g/mol. The van der Waals surface area contributed by atoms with Crippen molar-refractivity contribution in [2.75, 3.05) is 0 Å². The van der Waals surface area contributed by atoms with Crippen LogP contribution in [-0.4, -0.2) is 15.8 Å². The molecule has 0 spiro atoms. The fraction of sp³-hybridized carbons (Fsp3) is 0.231. The number of nitrogens with zero attached hydrogens (tertiary/aromatic N) is 3. The minimum Gasteiger partial charge on any atom is -0.326 e. The normalized spacial score (nSPS) is 12.8. The predicted octanol–water partition coefficient (Wildman–Crippen LogP) is 2.92. The average Bonchev–Trinajstić information content (AvgIpc) is 2.64. The molecule has 1 aromatic heterocycles. The second-order valence-corrected chi connectivity index (χ2v) is 3.71. The summed E-state index contributed by atoms with van der Waals surface area (Å²) in [6.07, 6.45) is 3.77. The third-order valence-corrected chi connectivity index (χ3v) is 2.62. The summed E-state index contributed by atoms with van der Waals surface area (Å²) in [5.74, 6) is 0.877. The summed E-state index contributed by atoms with van der Waals surface area (Å²) in [5.41, 5.74) is 3.12. The van der Waals surface area contributed by atoms with E-state index in [1.807, 2.05) is 49.7 Å². The molecular formula is C13H15N3. The molecule has 0 fully saturated rings. The van der Waals surface area contributed by atoms with Gasteiger partial charge in [0.1, 0.15) is 0 Å². The van der Waals surface area contributed by atoms with Crippen molar-refractivity contribution in [1.82, 2.24) is 9.55 Å². The van der Waals surface area contributed by atoms with Crippen LogP contribution in [0.2, 0.25) is 0 Å². The summed E-state index contributed by atoms with van der Waals surface area (Å²) in [6.45, 7) is 3.95. The van der Waals surface area contributed by atoms with Crippen LogP contribution in [0.1, 0.15) is 19.7 Å². The molecule has 0 atom stereocenters. The zero-order valence-corrected chi connectivity index (χ0v) is 9.81. The Kier molecular flexibility index (Phi) is 2.86. The fourth-order valence-electron chi connectivity index (χ4n) is 1.51. The highest BCUT2D eigenvalue weighted by atomic mass is 15.1. The molecule has 0 bridgehead atoms. The number of imidazole rings is 1. The first-order chi connectivity index (χ1) is 7.72. The summed E-state index contributed by atoms with van der Waals surface area (Å²) in [5, 5.41) is 0. The van der Waals surface area contributed by atoms with Crippen LogP contribution in [0, 0.1) is 0 Å². The van der Waals surface area contributed by atoms with Gasteiger partial charge in [-0.3, -0.25) is 4.99 Å². The van der Waals surface area contributed by atoms with Crippen molar-refractivity contribution in [2.24, 2.45) is 12.0 Å². The van der Waals surface area contributed by atoms with Gasteiger partial charge in [0.2, 0.25) is 0 Å². The van der Waals surface area contributed by atoms with Crippen LogP contribution < -0.4 is 0 Å². The minimum atomic E-state index is 0.877. The largest absolute Gasteiger partial charge is 0.326 e. The number of allylic oxidation sites excluding steroid dienone is 2. The maximum atomic E-state index is 4.50. The van der Waals surface area contributed by atoms with E-state index in [1.54, 1.807) is 6.21 Å². The van der Waals surface area contributed by atoms with E-state index in [-0.39, 0.29) is 0 Å². The Hall–Kier alpha value is -1.90. The molecule has 0 N–H and O–H groups in total.